The molecule has 1 saturated carbocycles. The molecule has 23 heavy (non-hydrogen) atoms. The van der Waals surface area contributed by atoms with E-state index in [1.54, 1.807) is 0 Å². The number of nitrogens with one attached hydrogen (secondary N) is 1. The zero-order chi connectivity index (χ0) is 17.7. The summed E-state index contributed by atoms with van der Waals surface area (Å²) in [7, 11) is 0. The molecule has 3 N–H and O–H groups in total. The van der Waals surface area contributed by atoms with Crippen LogP contribution in [0.1, 0.15) is 81.1 Å². The maximum Gasteiger partial charge on any atom is 0.0141 e. The van der Waals surface area contributed by atoms with E-state index >= 15 is 0 Å². The van der Waals surface area contributed by atoms with Crippen molar-refractivity contribution >= 4 is 0 Å². The number of hydrogen-bond donors (Lipinski definition) is 2. The SMILES string of the molecule is CCC(C)CC1C(N)C(C)CC(CC(C)C)C1NC(C)C(C)C. The Morgan fingerprint density at radius 1 is 1.04 bits per heavy atom. The minimum Gasteiger partial charge on any atom is -0.327 e. The molecule has 0 aromatic carbocycles. The highest BCUT2D eigenvalue weighted by molar-refractivity contribution is 4.98. The molecule has 0 aromatic heterocycles. The molecule has 0 amide bonds. The van der Waals surface area contributed by atoms with Gasteiger partial charge in [0, 0.05) is 18.1 Å². The molecule has 0 bridgehead atoms. The van der Waals surface area contributed by atoms with Crippen molar-refractivity contribution in [3.8, 4) is 0 Å². The summed E-state index contributed by atoms with van der Waals surface area (Å²) in [5, 5.41) is 4.02. The lowest BCUT2D eigenvalue weighted by atomic mass is 9.64. The van der Waals surface area contributed by atoms with Crippen LogP contribution in [0.15, 0.2) is 0 Å². The minimum absolute atomic E-state index is 0.351. The van der Waals surface area contributed by atoms with Gasteiger partial charge in [-0.25, -0.2) is 0 Å². The highest BCUT2D eigenvalue weighted by Crippen LogP contribution is 2.39. The topological polar surface area (TPSA) is 38.0 Å². The van der Waals surface area contributed by atoms with E-state index < -0.39 is 0 Å². The van der Waals surface area contributed by atoms with E-state index in [0.717, 1.165) is 17.8 Å². The zero-order valence-corrected chi connectivity index (χ0v) is 17.1. The summed E-state index contributed by atoms with van der Waals surface area (Å²) in [4.78, 5) is 0. The van der Waals surface area contributed by atoms with Gasteiger partial charge in [-0.15, -0.1) is 0 Å². The van der Waals surface area contributed by atoms with Gasteiger partial charge in [0.05, 0.1) is 0 Å². The molecule has 2 heteroatoms. The van der Waals surface area contributed by atoms with Crippen molar-refractivity contribution < 1.29 is 0 Å². The van der Waals surface area contributed by atoms with Gasteiger partial charge in [0.1, 0.15) is 0 Å². The Hall–Kier alpha value is -0.0800. The third-order valence-electron chi connectivity index (χ3n) is 6.40. The predicted molar refractivity (Wildman–Crippen MR) is 103 cm³/mol. The van der Waals surface area contributed by atoms with Crippen LogP contribution in [-0.4, -0.2) is 18.1 Å². The van der Waals surface area contributed by atoms with Gasteiger partial charge in [-0.3, -0.25) is 0 Å². The van der Waals surface area contributed by atoms with Crippen molar-refractivity contribution in [3.63, 3.8) is 0 Å². The third-order valence-corrected chi connectivity index (χ3v) is 6.40. The summed E-state index contributed by atoms with van der Waals surface area (Å²) < 4.78 is 0. The van der Waals surface area contributed by atoms with Gasteiger partial charge >= 0.3 is 0 Å². The van der Waals surface area contributed by atoms with Gasteiger partial charge in [0.2, 0.25) is 0 Å². The highest BCUT2D eigenvalue weighted by Gasteiger charge is 2.42. The lowest BCUT2D eigenvalue weighted by Gasteiger charge is -2.48. The second-order valence-corrected chi connectivity index (χ2v) is 9.32. The molecule has 0 radical (unpaired) electrons. The van der Waals surface area contributed by atoms with Gasteiger partial charge in [-0.05, 0) is 61.7 Å². The maximum atomic E-state index is 6.72. The van der Waals surface area contributed by atoms with E-state index in [0.29, 0.717) is 35.9 Å². The van der Waals surface area contributed by atoms with Crippen LogP contribution in [0.25, 0.3) is 0 Å². The van der Waals surface area contributed by atoms with E-state index in [4.69, 9.17) is 5.73 Å². The van der Waals surface area contributed by atoms with E-state index in [2.05, 4.69) is 60.7 Å². The van der Waals surface area contributed by atoms with Crippen molar-refractivity contribution in [2.24, 2.45) is 41.2 Å². The number of nitrogens with two attached hydrogens (primary N) is 1. The lowest BCUT2D eigenvalue weighted by molar-refractivity contribution is 0.0747. The molecule has 1 aliphatic rings. The summed E-state index contributed by atoms with van der Waals surface area (Å²) in [6.07, 6.45) is 5.16. The average Bonchev–Trinajstić information content (AvgIpc) is 2.46. The summed E-state index contributed by atoms with van der Waals surface area (Å²) in [6.45, 7) is 18.8. The predicted octanol–water partition coefficient (Wildman–Crippen LogP) is 5.07. The van der Waals surface area contributed by atoms with Crippen molar-refractivity contribution in [1.29, 1.82) is 0 Å². The van der Waals surface area contributed by atoms with Crippen molar-refractivity contribution in [2.45, 2.75) is 99.2 Å². The number of hydrogen-bond acceptors (Lipinski definition) is 2. The van der Waals surface area contributed by atoms with Gasteiger partial charge < -0.3 is 11.1 Å². The van der Waals surface area contributed by atoms with Gasteiger partial charge in [0.15, 0.2) is 0 Å². The van der Waals surface area contributed by atoms with E-state index in [1.807, 2.05) is 0 Å². The van der Waals surface area contributed by atoms with Crippen LogP contribution >= 0.6 is 0 Å². The van der Waals surface area contributed by atoms with Crippen LogP contribution in [0.4, 0.5) is 0 Å². The summed E-state index contributed by atoms with van der Waals surface area (Å²) in [6, 6.07) is 1.51. The normalized spacial score (nSPS) is 34.8. The molecule has 1 rings (SSSR count). The molecular weight excluding hydrogens is 280 g/mol. The molecule has 0 heterocycles. The van der Waals surface area contributed by atoms with Gasteiger partial charge in [0.25, 0.3) is 0 Å². The van der Waals surface area contributed by atoms with Crippen LogP contribution in [0, 0.1) is 35.5 Å². The first-order valence-electron chi connectivity index (χ1n) is 10.2. The lowest BCUT2D eigenvalue weighted by Crippen LogP contribution is -2.58. The Bertz CT molecular complexity index is 326. The highest BCUT2D eigenvalue weighted by atomic mass is 15.0. The quantitative estimate of drug-likeness (QED) is 0.654. The molecule has 0 aliphatic heterocycles. The smallest absolute Gasteiger partial charge is 0.0141 e. The Balaban J connectivity index is 2.99. The molecule has 1 aliphatic carbocycles. The second-order valence-electron chi connectivity index (χ2n) is 9.32. The van der Waals surface area contributed by atoms with Crippen molar-refractivity contribution in [2.75, 3.05) is 0 Å². The van der Waals surface area contributed by atoms with Crippen molar-refractivity contribution in [3.05, 3.63) is 0 Å². The minimum atomic E-state index is 0.351. The van der Waals surface area contributed by atoms with Crippen LogP contribution in [0.2, 0.25) is 0 Å². The first-order valence-corrected chi connectivity index (χ1v) is 10.2. The van der Waals surface area contributed by atoms with Crippen LogP contribution < -0.4 is 11.1 Å². The molecule has 2 nitrogen and oxygen atoms in total. The van der Waals surface area contributed by atoms with Crippen LogP contribution in [-0.2, 0) is 0 Å². The van der Waals surface area contributed by atoms with Gasteiger partial charge in [-0.1, -0.05) is 54.9 Å². The first kappa shape index (κ1) is 21.0. The Morgan fingerprint density at radius 2 is 1.65 bits per heavy atom. The molecule has 7 atom stereocenters. The average molecular weight is 325 g/mol. The van der Waals surface area contributed by atoms with E-state index in [-0.39, 0.29) is 0 Å². The molecule has 1 fully saturated rings. The molecular formula is C21H44N2. The molecule has 0 spiro atoms. The molecule has 0 saturated heterocycles. The van der Waals surface area contributed by atoms with E-state index in [1.165, 1.54) is 25.7 Å². The van der Waals surface area contributed by atoms with E-state index in [9.17, 15) is 0 Å². The van der Waals surface area contributed by atoms with Crippen LogP contribution in [0.5, 0.6) is 0 Å². The molecule has 0 aromatic rings. The Labute approximate surface area is 146 Å². The Morgan fingerprint density at radius 3 is 2.13 bits per heavy atom. The summed E-state index contributed by atoms with van der Waals surface area (Å²) in [5.74, 6) is 4.27. The second kappa shape index (κ2) is 9.42. The molecule has 138 valence electrons. The summed E-state index contributed by atoms with van der Waals surface area (Å²) >= 11 is 0. The Kier molecular flexibility index (Phi) is 8.58. The fourth-order valence-corrected chi connectivity index (χ4v) is 4.33. The molecule has 7 unspecified atom stereocenters. The van der Waals surface area contributed by atoms with Crippen molar-refractivity contribution in [1.82, 2.24) is 5.32 Å². The first-order chi connectivity index (χ1) is 10.7. The third kappa shape index (κ3) is 6.05. The fourth-order valence-electron chi connectivity index (χ4n) is 4.33. The largest absolute Gasteiger partial charge is 0.327 e. The fraction of sp³-hybridized carbons (Fsp3) is 1.00. The standard InChI is InChI=1S/C21H44N2/c1-9-15(6)11-19-20(22)16(7)12-18(10-13(2)3)21(19)23-17(8)14(4)5/h13-21,23H,9-12,22H2,1-8H3. The van der Waals surface area contributed by atoms with Gasteiger partial charge in [-0.2, -0.15) is 0 Å². The monoisotopic (exact) mass is 324 g/mol. The summed E-state index contributed by atoms with van der Waals surface area (Å²) in [5.41, 5.74) is 6.72. The van der Waals surface area contributed by atoms with Crippen LogP contribution in [0.3, 0.4) is 0 Å². The zero-order valence-electron chi connectivity index (χ0n) is 17.1. The maximum absolute atomic E-state index is 6.72. The number of rotatable bonds is 8.